The summed E-state index contributed by atoms with van der Waals surface area (Å²) in [5.74, 6) is -0.146. The van der Waals surface area contributed by atoms with Gasteiger partial charge in [-0.2, -0.15) is 0 Å². The lowest BCUT2D eigenvalue weighted by Gasteiger charge is -2.17. The number of hydrogen-bond acceptors (Lipinski definition) is 5. The zero-order valence-electron chi connectivity index (χ0n) is 18.0. The highest BCUT2D eigenvalue weighted by Crippen LogP contribution is 2.36. The number of benzene rings is 2. The number of rotatable bonds is 7. The van der Waals surface area contributed by atoms with Crippen molar-refractivity contribution < 1.29 is 22.7 Å². The van der Waals surface area contributed by atoms with Crippen molar-refractivity contribution >= 4 is 26.7 Å². The van der Waals surface area contributed by atoms with E-state index < -0.39 is 15.9 Å². The fraction of sp³-hybridized carbons (Fsp3) is 0.304. The van der Waals surface area contributed by atoms with Crippen molar-refractivity contribution in [3.63, 3.8) is 0 Å². The molecule has 0 fully saturated rings. The SMILES string of the molecule is CCC(C)NC(=O)c1ccc(CN2C(=O)C(C)=C(c3ccc(OC)cc3)S2(=O)=O)cc1. The van der Waals surface area contributed by atoms with Crippen LogP contribution in [0.1, 0.15) is 48.7 Å². The average Bonchev–Trinajstić information content (AvgIpc) is 2.93. The van der Waals surface area contributed by atoms with Gasteiger partial charge in [0.05, 0.1) is 13.7 Å². The quantitative estimate of drug-likeness (QED) is 0.710. The predicted octanol–water partition coefficient (Wildman–Crippen LogP) is 3.33. The molecule has 7 nitrogen and oxygen atoms in total. The first-order chi connectivity index (χ1) is 14.7. The van der Waals surface area contributed by atoms with Gasteiger partial charge in [-0.3, -0.25) is 9.59 Å². The first-order valence-electron chi connectivity index (χ1n) is 10.0. The van der Waals surface area contributed by atoms with Crippen LogP contribution < -0.4 is 10.1 Å². The summed E-state index contributed by atoms with van der Waals surface area (Å²) in [7, 11) is -2.48. The lowest BCUT2D eigenvalue weighted by molar-refractivity contribution is -0.122. The van der Waals surface area contributed by atoms with Crippen LogP contribution >= 0.6 is 0 Å². The number of carbonyl (C=O) groups excluding carboxylic acids is 2. The fourth-order valence-electron chi connectivity index (χ4n) is 3.30. The van der Waals surface area contributed by atoms with Crippen LogP contribution in [0.3, 0.4) is 0 Å². The summed E-state index contributed by atoms with van der Waals surface area (Å²) in [4.78, 5) is 25.0. The van der Waals surface area contributed by atoms with E-state index in [9.17, 15) is 18.0 Å². The van der Waals surface area contributed by atoms with Gasteiger partial charge in [0.15, 0.2) is 0 Å². The molecule has 0 aromatic heterocycles. The lowest BCUT2D eigenvalue weighted by Crippen LogP contribution is -2.32. The number of sulfonamides is 1. The molecule has 0 aliphatic carbocycles. The number of ether oxygens (including phenoxy) is 1. The Balaban J connectivity index is 1.81. The van der Waals surface area contributed by atoms with Crippen molar-refractivity contribution in [1.29, 1.82) is 0 Å². The van der Waals surface area contributed by atoms with Crippen LogP contribution in [-0.2, 0) is 21.4 Å². The Hall–Kier alpha value is -3.13. The maximum atomic E-state index is 13.2. The minimum atomic E-state index is -4.00. The summed E-state index contributed by atoms with van der Waals surface area (Å²) in [5, 5.41) is 2.88. The summed E-state index contributed by atoms with van der Waals surface area (Å²) >= 11 is 0. The van der Waals surface area contributed by atoms with Gasteiger partial charge in [0.25, 0.3) is 21.8 Å². The van der Waals surface area contributed by atoms with E-state index in [0.29, 0.717) is 22.4 Å². The van der Waals surface area contributed by atoms with Gasteiger partial charge in [-0.05, 0) is 67.8 Å². The summed E-state index contributed by atoms with van der Waals surface area (Å²) in [6, 6.07) is 13.2. The van der Waals surface area contributed by atoms with Crippen LogP contribution in [0, 0.1) is 0 Å². The lowest BCUT2D eigenvalue weighted by atomic mass is 10.1. The summed E-state index contributed by atoms with van der Waals surface area (Å²) in [5.41, 5.74) is 1.70. The number of nitrogens with one attached hydrogen (secondary N) is 1. The van der Waals surface area contributed by atoms with Crippen molar-refractivity contribution in [2.75, 3.05) is 7.11 Å². The van der Waals surface area contributed by atoms with Crippen LogP contribution in [0.25, 0.3) is 4.91 Å². The number of carbonyl (C=O) groups is 2. The van der Waals surface area contributed by atoms with Crippen molar-refractivity contribution in [3.05, 3.63) is 70.8 Å². The molecule has 3 rings (SSSR count). The van der Waals surface area contributed by atoms with Gasteiger partial charge in [-0.1, -0.05) is 19.1 Å². The Kier molecular flexibility index (Phi) is 6.50. The van der Waals surface area contributed by atoms with Gasteiger partial charge < -0.3 is 10.1 Å². The molecule has 0 saturated heterocycles. The molecule has 0 spiro atoms. The third kappa shape index (κ3) is 4.49. The molecule has 164 valence electrons. The van der Waals surface area contributed by atoms with E-state index in [1.165, 1.54) is 14.0 Å². The molecule has 0 bridgehead atoms. The van der Waals surface area contributed by atoms with Crippen LogP contribution in [0.4, 0.5) is 0 Å². The average molecular weight is 443 g/mol. The van der Waals surface area contributed by atoms with E-state index in [1.54, 1.807) is 48.5 Å². The highest BCUT2D eigenvalue weighted by Gasteiger charge is 2.42. The van der Waals surface area contributed by atoms with Crippen molar-refractivity contribution in [2.45, 2.75) is 39.8 Å². The maximum absolute atomic E-state index is 13.2. The molecular formula is C23H26N2O5S. The largest absolute Gasteiger partial charge is 0.497 e. The fourth-order valence-corrected chi connectivity index (χ4v) is 5.10. The Morgan fingerprint density at radius 2 is 1.71 bits per heavy atom. The highest BCUT2D eigenvalue weighted by molar-refractivity contribution is 7.99. The number of nitrogens with zero attached hydrogens (tertiary/aromatic N) is 1. The van der Waals surface area contributed by atoms with Gasteiger partial charge in [0.1, 0.15) is 10.7 Å². The molecule has 1 unspecified atom stereocenters. The third-order valence-electron chi connectivity index (χ3n) is 5.32. The first kappa shape index (κ1) is 22.6. The van der Waals surface area contributed by atoms with E-state index >= 15 is 0 Å². The minimum absolute atomic E-state index is 0.00436. The highest BCUT2D eigenvalue weighted by atomic mass is 32.2. The summed E-state index contributed by atoms with van der Waals surface area (Å²) in [6.45, 7) is 5.32. The van der Waals surface area contributed by atoms with E-state index in [1.807, 2.05) is 13.8 Å². The van der Waals surface area contributed by atoms with Gasteiger partial charge in [0, 0.05) is 17.2 Å². The van der Waals surface area contributed by atoms with E-state index in [-0.39, 0.29) is 29.0 Å². The number of hydrogen-bond donors (Lipinski definition) is 1. The van der Waals surface area contributed by atoms with Gasteiger partial charge in [0.2, 0.25) is 0 Å². The van der Waals surface area contributed by atoms with Crippen LogP contribution in [0.15, 0.2) is 54.1 Å². The van der Waals surface area contributed by atoms with Crippen molar-refractivity contribution in [3.8, 4) is 5.75 Å². The molecule has 2 amide bonds. The smallest absolute Gasteiger partial charge is 0.268 e. The van der Waals surface area contributed by atoms with Gasteiger partial charge >= 0.3 is 0 Å². The molecule has 1 N–H and O–H groups in total. The molecule has 8 heteroatoms. The van der Waals surface area contributed by atoms with Crippen LogP contribution in [0.5, 0.6) is 5.75 Å². The maximum Gasteiger partial charge on any atom is 0.268 e. The standard InChI is InChI=1S/C23H26N2O5S/c1-5-15(2)24-22(26)19-8-6-17(7-9-19)14-25-23(27)16(3)21(31(25,28)29)18-10-12-20(30-4)13-11-18/h6-13,15H,5,14H2,1-4H3,(H,24,26). The Morgan fingerprint density at radius 3 is 2.26 bits per heavy atom. The molecule has 2 aromatic carbocycles. The molecular weight excluding hydrogens is 416 g/mol. The Labute approximate surface area is 182 Å². The second kappa shape index (κ2) is 8.93. The van der Waals surface area contributed by atoms with Crippen LogP contribution in [0.2, 0.25) is 0 Å². The Morgan fingerprint density at radius 1 is 1.10 bits per heavy atom. The van der Waals surface area contributed by atoms with Crippen molar-refractivity contribution in [1.82, 2.24) is 9.62 Å². The van der Waals surface area contributed by atoms with E-state index in [2.05, 4.69) is 5.32 Å². The van der Waals surface area contributed by atoms with E-state index in [0.717, 1.165) is 10.7 Å². The molecule has 31 heavy (non-hydrogen) atoms. The summed E-state index contributed by atoms with van der Waals surface area (Å²) < 4.78 is 32.3. The zero-order chi connectivity index (χ0) is 22.8. The van der Waals surface area contributed by atoms with E-state index in [4.69, 9.17) is 4.74 Å². The monoisotopic (exact) mass is 442 g/mol. The second-order valence-electron chi connectivity index (χ2n) is 7.48. The zero-order valence-corrected chi connectivity index (χ0v) is 18.8. The Bertz CT molecular complexity index is 1120. The van der Waals surface area contributed by atoms with Crippen LogP contribution in [-0.4, -0.2) is 37.7 Å². The third-order valence-corrected chi connectivity index (χ3v) is 7.25. The molecule has 0 saturated carbocycles. The molecule has 1 aliphatic rings. The van der Waals surface area contributed by atoms with Gasteiger partial charge in [-0.25, -0.2) is 12.7 Å². The molecule has 0 radical (unpaired) electrons. The first-order valence-corrected chi connectivity index (χ1v) is 11.4. The second-order valence-corrected chi connectivity index (χ2v) is 9.28. The number of methoxy groups -OCH3 is 1. The molecule has 1 aliphatic heterocycles. The van der Waals surface area contributed by atoms with Gasteiger partial charge in [-0.15, -0.1) is 0 Å². The normalized spacial score (nSPS) is 16.4. The molecule has 1 atom stereocenters. The predicted molar refractivity (Wildman–Crippen MR) is 119 cm³/mol. The minimum Gasteiger partial charge on any atom is -0.497 e. The topological polar surface area (TPSA) is 92.8 Å². The molecule has 1 heterocycles. The summed E-state index contributed by atoms with van der Waals surface area (Å²) in [6.07, 6.45) is 0.821. The molecule has 2 aromatic rings. The van der Waals surface area contributed by atoms with Crippen molar-refractivity contribution in [2.24, 2.45) is 0 Å². The number of amides is 2.